The van der Waals surface area contributed by atoms with Crippen molar-refractivity contribution in [3.8, 4) is 5.75 Å². The molecule has 1 aromatic rings. The number of nitrogens with zero attached hydrogens (tertiary/aromatic N) is 1. The number of likely N-dealkylation sites (tertiary alicyclic amines) is 1. The SMILES string of the molecule is CC(C)(C)OC(=O)N1CC[C@H](Oc2ccc(Cl)cc2C=O)C1. The van der Waals surface area contributed by atoms with Crippen molar-refractivity contribution in [1.82, 2.24) is 4.90 Å². The van der Waals surface area contributed by atoms with Gasteiger partial charge < -0.3 is 14.4 Å². The Bertz CT molecular complexity index is 568. The van der Waals surface area contributed by atoms with Gasteiger partial charge in [0.1, 0.15) is 17.5 Å². The molecule has 1 aliphatic rings. The van der Waals surface area contributed by atoms with E-state index in [2.05, 4.69) is 0 Å². The average molecular weight is 326 g/mol. The van der Waals surface area contributed by atoms with Crippen molar-refractivity contribution in [3.63, 3.8) is 0 Å². The number of aldehydes is 1. The molecule has 0 N–H and O–H groups in total. The largest absolute Gasteiger partial charge is 0.488 e. The van der Waals surface area contributed by atoms with Crippen molar-refractivity contribution < 1.29 is 19.1 Å². The smallest absolute Gasteiger partial charge is 0.410 e. The molecule has 1 saturated heterocycles. The zero-order valence-electron chi connectivity index (χ0n) is 13.0. The summed E-state index contributed by atoms with van der Waals surface area (Å²) in [5, 5.41) is 0.483. The number of hydrogen-bond acceptors (Lipinski definition) is 4. The summed E-state index contributed by atoms with van der Waals surface area (Å²) in [5.74, 6) is 0.482. The highest BCUT2D eigenvalue weighted by molar-refractivity contribution is 6.30. The number of carbonyl (C=O) groups is 2. The van der Waals surface area contributed by atoms with E-state index in [9.17, 15) is 9.59 Å². The highest BCUT2D eigenvalue weighted by atomic mass is 35.5. The quantitative estimate of drug-likeness (QED) is 0.798. The second-order valence-electron chi connectivity index (χ2n) is 6.25. The number of benzene rings is 1. The minimum Gasteiger partial charge on any atom is -0.488 e. The van der Waals surface area contributed by atoms with E-state index in [1.165, 1.54) is 0 Å². The van der Waals surface area contributed by atoms with Gasteiger partial charge in [0.05, 0.1) is 12.1 Å². The second-order valence-corrected chi connectivity index (χ2v) is 6.69. The van der Waals surface area contributed by atoms with Crippen molar-refractivity contribution in [3.05, 3.63) is 28.8 Å². The first kappa shape index (κ1) is 16.6. The Labute approximate surface area is 135 Å². The lowest BCUT2D eigenvalue weighted by molar-refractivity contribution is 0.0275. The Kier molecular flexibility index (Phi) is 4.96. The van der Waals surface area contributed by atoms with Crippen LogP contribution in [0, 0.1) is 0 Å². The fraction of sp³-hybridized carbons (Fsp3) is 0.500. The molecular formula is C16H20ClNO4. The van der Waals surface area contributed by atoms with Crippen LogP contribution < -0.4 is 4.74 Å². The van der Waals surface area contributed by atoms with E-state index in [1.807, 2.05) is 20.8 Å². The van der Waals surface area contributed by atoms with Gasteiger partial charge in [-0.15, -0.1) is 0 Å². The van der Waals surface area contributed by atoms with Crippen LogP contribution >= 0.6 is 11.6 Å². The summed E-state index contributed by atoms with van der Waals surface area (Å²) in [6.07, 6.45) is 0.903. The lowest BCUT2D eigenvalue weighted by Gasteiger charge is -2.24. The van der Waals surface area contributed by atoms with Gasteiger partial charge in [-0.3, -0.25) is 4.79 Å². The molecule has 1 aliphatic heterocycles. The number of rotatable bonds is 3. The topological polar surface area (TPSA) is 55.8 Å². The summed E-state index contributed by atoms with van der Waals surface area (Å²) < 4.78 is 11.2. The molecule has 2 rings (SSSR count). The zero-order chi connectivity index (χ0) is 16.3. The van der Waals surface area contributed by atoms with Gasteiger partial charge in [0, 0.05) is 18.0 Å². The van der Waals surface area contributed by atoms with Crippen LogP contribution in [0.25, 0.3) is 0 Å². The van der Waals surface area contributed by atoms with Crippen LogP contribution in [0.5, 0.6) is 5.75 Å². The molecule has 1 aromatic carbocycles. The van der Waals surface area contributed by atoms with E-state index in [-0.39, 0.29) is 12.2 Å². The number of halogens is 1. The van der Waals surface area contributed by atoms with E-state index in [0.717, 1.165) is 0 Å². The van der Waals surface area contributed by atoms with E-state index >= 15 is 0 Å². The maximum atomic E-state index is 12.0. The lowest BCUT2D eigenvalue weighted by atomic mass is 10.2. The molecule has 22 heavy (non-hydrogen) atoms. The van der Waals surface area contributed by atoms with Crippen molar-refractivity contribution in [1.29, 1.82) is 0 Å². The van der Waals surface area contributed by atoms with Crippen LogP contribution in [0.2, 0.25) is 5.02 Å². The molecule has 1 amide bonds. The molecule has 0 aliphatic carbocycles. The molecule has 0 spiro atoms. The normalized spacial score (nSPS) is 18.2. The Balaban J connectivity index is 1.97. The second kappa shape index (κ2) is 6.57. The van der Waals surface area contributed by atoms with Gasteiger partial charge in [-0.25, -0.2) is 4.79 Å². The Hall–Kier alpha value is -1.75. The van der Waals surface area contributed by atoms with Crippen molar-refractivity contribution in [2.75, 3.05) is 13.1 Å². The van der Waals surface area contributed by atoms with Crippen LogP contribution in [0.1, 0.15) is 37.6 Å². The van der Waals surface area contributed by atoms with Gasteiger partial charge in [-0.05, 0) is 39.0 Å². The van der Waals surface area contributed by atoms with Crippen LogP contribution in [-0.4, -0.2) is 42.1 Å². The monoisotopic (exact) mass is 325 g/mol. The first-order valence-electron chi connectivity index (χ1n) is 7.18. The molecular weight excluding hydrogens is 306 g/mol. The number of hydrogen-bond donors (Lipinski definition) is 0. The molecule has 0 unspecified atom stereocenters. The minimum absolute atomic E-state index is 0.160. The van der Waals surface area contributed by atoms with Crippen molar-refractivity contribution >= 4 is 24.0 Å². The van der Waals surface area contributed by atoms with E-state index < -0.39 is 5.60 Å². The summed E-state index contributed by atoms with van der Waals surface area (Å²) in [6, 6.07) is 4.90. The summed E-state index contributed by atoms with van der Waals surface area (Å²) in [7, 11) is 0. The Morgan fingerprint density at radius 2 is 2.14 bits per heavy atom. The van der Waals surface area contributed by atoms with Gasteiger partial charge in [0.15, 0.2) is 6.29 Å². The molecule has 120 valence electrons. The fourth-order valence-electron chi connectivity index (χ4n) is 2.22. The summed E-state index contributed by atoms with van der Waals surface area (Å²) in [6.45, 7) is 6.51. The Morgan fingerprint density at radius 3 is 2.77 bits per heavy atom. The number of amides is 1. The van der Waals surface area contributed by atoms with Gasteiger partial charge >= 0.3 is 6.09 Å². The molecule has 0 bridgehead atoms. The van der Waals surface area contributed by atoms with Gasteiger partial charge in [0.2, 0.25) is 0 Å². The van der Waals surface area contributed by atoms with Crippen LogP contribution in [0.4, 0.5) is 4.79 Å². The summed E-state index contributed by atoms with van der Waals surface area (Å²) in [4.78, 5) is 24.7. The first-order chi connectivity index (χ1) is 10.3. The third kappa shape index (κ3) is 4.37. The van der Waals surface area contributed by atoms with Gasteiger partial charge in [0.25, 0.3) is 0 Å². The third-order valence-electron chi connectivity index (χ3n) is 3.19. The fourth-order valence-corrected chi connectivity index (χ4v) is 2.40. The summed E-state index contributed by atoms with van der Waals surface area (Å²) >= 11 is 5.85. The van der Waals surface area contributed by atoms with Crippen LogP contribution in [-0.2, 0) is 4.74 Å². The maximum absolute atomic E-state index is 12.0. The third-order valence-corrected chi connectivity index (χ3v) is 3.42. The van der Waals surface area contributed by atoms with E-state index in [4.69, 9.17) is 21.1 Å². The highest BCUT2D eigenvalue weighted by Crippen LogP contribution is 2.25. The van der Waals surface area contributed by atoms with Crippen LogP contribution in [0.3, 0.4) is 0 Å². The number of carbonyl (C=O) groups excluding carboxylic acids is 2. The predicted molar refractivity (Wildman–Crippen MR) is 83.7 cm³/mol. The minimum atomic E-state index is -0.517. The van der Waals surface area contributed by atoms with Gasteiger partial charge in [-0.2, -0.15) is 0 Å². The zero-order valence-corrected chi connectivity index (χ0v) is 13.7. The standard InChI is InChI=1S/C16H20ClNO4/c1-16(2,3)22-15(20)18-7-6-13(9-18)21-14-5-4-12(17)8-11(14)10-19/h4-5,8,10,13H,6-7,9H2,1-3H3/t13-/m0/s1. The maximum Gasteiger partial charge on any atom is 0.410 e. The molecule has 0 aromatic heterocycles. The van der Waals surface area contributed by atoms with Crippen LogP contribution in [0.15, 0.2) is 18.2 Å². The molecule has 5 nitrogen and oxygen atoms in total. The first-order valence-corrected chi connectivity index (χ1v) is 7.55. The molecule has 6 heteroatoms. The average Bonchev–Trinajstić information content (AvgIpc) is 2.87. The summed E-state index contributed by atoms with van der Waals surface area (Å²) in [5.41, 5.74) is -0.111. The molecule has 1 fully saturated rings. The predicted octanol–water partition coefficient (Wildman–Crippen LogP) is 3.54. The molecule has 1 atom stereocenters. The van der Waals surface area contributed by atoms with Crippen molar-refractivity contribution in [2.45, 2.75) is 38.9 Å². The molecule has 0 saturated carbocycles. The highest BCUT2D eigenvalue weighted by Gasteiger charge is 2.31. The lowest BCUT2D eigenvalue weighted by Crippen LogP contribution is -2.36. The van der Waals surface area contributed by atoms with E-state index in [0.29, 0.717) is 42.1 Å². The Morgan fingerprint density at radius 1 is 1.41 bits per heavy atom. The molecule has 1 heterocycles. The van der Waals surface area contributed by atoms with Crippen molar-refractivity contribution in [2.24, 2.45) is 0 Å². The van der Waals surface area contributed by atoms with E-state index in [1.54, 1.807) is 23.1 Å². The molecule has 0 radical (unpaired) electrons. The number of ether oxygens (including phenoxy) is 2. The van der Waals surface area contributed by atoms with Gasteiger partial charge in [-0.1, -0.05) is 11.6 Å².